The number of halogens is 2. The molecule has 1 aromatic carbocycles. The smallest absolute Gasteiger partial charge is 0.115 e. The number of phenols is 1. The molecule has 0 saturated carbocycles. The Balaban J connectivity index is 0.00000162. The fraction of sp³-hybridized carbons (Fsp3) is 0.500. The van der Waals surface area contributed by atoms with Crippen molar-refractivity contribution in [1.29, 1.82) is 0 Å². The topological polar surface area (TPSA) is 55.7 Å². The normalized spacial score (nSPS) is 18.1. The molecule has 1 fully saturated rings. The van der Waals surface area contributed by atoms with Crippen LogP contribution in [0.1, 0.15) is 11.6 Å². The third kappa shape index (κ3) is 3.59. The molecule has 1 heterocycles. The monoisotopic (exact) mass is 336 g/mol. The number of benzene rings is 1. The Kier molecular flexibility index (Phi) is 6.38. The highest BCUT2D eigenvalue weighted by atomic mass is 79.9. The zero-order valence-corrected chi connectivity index (χ0v) is 12.4. The first kappa shape index (κ1) is 15.7. The van der Waals surface area contributed by atoms with Gasteiger partial charge < -0.3 is 15.5 Å². The molecule has 0 radical (unpaired) electrons. The first-order valence-corrected chi connectivity index (χ1v) is 6.55. The molecule has 0 bridgehead atoms. The van der Waals surface area contributed by atoms with E-state index in [-0.39, 0.29) is 30.8 Å². The average molecular weight is 338 g/mol. The summed E-state index contributed by atoms with van der Waals surface area (Å²) in [6.45, 7) is 3.75. The predicted molar refractivity (Wildman–Crippen MR) is 77.3 cm³/mol. The van der Waals surface area contributed by atoms with Gasteiger partial charge >= 0.3 is 0 Å². The Morgan fingerprint density at radius 3 is 2.61 bits per heavy atom. The standard InChI is InChI=1S/C12H17BrN2O2.ClH/c13-11-2-1-9(17)7-10(11)12(8-16)15-5-3-14-4-6-15;/h1-2,7,12,14,16-17H,3-6,8H2;1H/t12-;/m1./s1. The molecule has 0 amide bonds. The highest BCUT2D eigenvalue weighted by Crippen LogP contribution is 2.30. The van der Waals surface area contributed by atoms with Crippen molar-refractivity contribution in [3.05, 3.63) is 28.2 Å². The van der Waals surface area contributed by atoms with Crippen molar-refractivity contribution in [1.82, 2.24) is 10.2 Å². The number of phenolic OH excluding ortho intramolecular Hbond substituents is 1. The molecule has 1 atom stereocenters. The molecule has 1 aromatic rings. The predicted octanol–water partition coefficient (Wildman–Crippen LogP) is 1.52. The van der Waals surface area contributed by atoms with Crippen LogP contribution in [0.2, 0.25) is 0 Å². The first-order chi connectivity index (χ1) is 8.22. The van der Waals surface area contributed by atoms with Crippen molar-refractivity contribution in [3.63, 3.8) is 0 Å². The van der Waals surface area contributed by atoms with Crippen LogP contribution in [0.25, 0.3) is 0 Å². The van der Waals surface area contributed by atoms with Crippen LogP contribution in [0.4, 0.5) is 0 Å². The number of aromatic hydroxyl groups is 1. The van der Waals surface area contributed by atoms with Crippen molar-refractivity contribution >= 4 is 28.3 Å². The van der Waals surface area contributed by atoms with E-state index >= 15 is 0 Å². The van der Waals surface area contributed by atoms with Gasteiger partial charge in [0.1, 0.15) is 5.75 Å². The molecule has 102 valence electrons. The van der Waals surface area contributed by atoms with Gasteiger partial charge in [0.15, 0.2) is 0 Å². The van der Waals surface area contributed by atoms with Gasteiger partial charge in [0, 0.05) is 30.7 Å². The maximum atomic E-state index is 9.58. The van der Waals surface area contributed by atoms with E-state index in [2.05, 4.69) is 26.1 Å². The van der Waals surface area contributed by atoms with E-state index in [1.807, 2.05) is 6.07 Å². The molecule has 0 aliphatic carbocycles. The summed E-state index contributed by atoms with van der Waals surface area (Å²) in [6, 6.07) is 5.11. The molecule has 0 unspecified atom stereocenters. The lowest BCUT2D eigenvalue weighted by molar-refractivity contribution is 0.110. The number of hydrogen-bond acceptors (Lipinski definition) is 4. The SMILES string of the molecule is Cl.OC[C@H](c1cc(O)ccc1Br)N1CCNCC1. The number of piperazine rings is 1. The van der Waals surface area contributed by atoms with Gasteiger partial charge in [-0.1, -0.05) is 15.9 Å². The Morgan fingerprint density at radius 2 is 2.00 bits per heavy atom. The Bertz CT molecular complexity index is 386. The van der Waals surface area contributed by atoms with Crippen LogP contribution in [0, 0.1) is 0 Å². The molecule has 6 heteroatoms. The van der Waals surface area contributed by atoms with Crippen LogP contribution in [0.3, 0.4) is 0 Å². The van der Waals surface area contributed by atoms with Gasteiger partial charge in [-0.15, -0.1) is 12.4 Å². The number of hydrogen-bond donors (Lipinski definition) is 3. The van der Waals surface area contributed by atoms with Crippen LogP contribution in [-0.4, -0.2) is 47.9 Å². The van der Waals surface area contributed by atoms with Gasteiger partial charge in [-0.25, -0.2) is 0 Å². The Hall–Kier alpha value is -0.330. The zero-order chi connectivity index (χ0) is 12.3. The molecular weight excluding hydrogens is 320 g/mol. The number of nitrogens with one attached hydrogen (secondary N) is 1. The average Bonchev–Trinajstić information content (AvgIpc) is 2.36. The third-order valence-corrected chi connectivity index (χ3v) is 3.83. The summed E-state index contributed by atoms with van der Waals surface area (Å²) in [7, 11) is 0. The fourth-order valence-electron chi connectivity index (χ4n) is 2.19. The minimum Gasteiger partial charge on any atom is -0.508 e. The van der Waals surface area contributed by atoms with Crippen LogP contribution in [0.5, 0.6) is 5.75 Å². The molecule has 0 aromatic heterocycles. The van der Waals surface area contributed by atoms with Crippen LogP contribution in [0.15, 0.2) is 22.7 Å². The second-order valence-electron chi connectivity index (χ2n) is 4.19. The van der Waals surface area contributed by atoms with E-state index in [0.29, 0.717) is 0 Å². The van der Waals surface area contributed by atoms with Crippen molar-refractivity contribution < 1.29 is 10.2 Å². The number of aliphatic hydroxyl groups is 1. The lowest BCUT2D eigenvalue weighted by atomic mass is 10.0. The molecule has 3 N–H and O–H groups in total. The van der Waals surface area contributed by atoms with Crippen molar-refractivity contribution in [2.45, 2.75) is 6.04 Å². The molecule has 1 aliphatic rings. The molecule has 1 aliphatic heterocycles. The largest absolute Gasteiger partial charge is 0.508 e. The molecule has 18 heavy (non-hydrogen) atoms. The number of rotatable bonds is 3. The van der Waals surface area contributed by atoms with E-state index < -0.39 is 0 Å². The summed E-state index contributed by atoms with van der Waals surface area (Å²) in [6.07, 6.45) is 0. The van der Waals surface area contributed by atoms with Crippen molar-refractivity contribution in [3.8, 4) is 5.75 Å². The van der Waals surface area contributed by atoms with E-state index in [0.717, 1.165) is 36.2 Å². The highest BCUT2D eigenvalue weighted by molar-refractivity contribution is 9.10. The fourth-order valence-corrected chi connectivity index (χ4v) is 2.70. The van der Waals surface area contributed by atoms with E-state index in [9.17, 15) is 10.2 Å². The van der Waals surface area contributed by atoms with Crippen LogP contribution in [-0.2, 0) is 0 Å². The third-order valence-electron chi connectivity index (χ3n) is 3.10. The Labute approximate surface area is 122 Å². The minimum atomic E-state index is -0.0569. The maximum Gasteiger partial charge on any atom is 0.115 e. The molecule has 4 nitrogen and oxygen atoms in total. The van der Waals surface area contributed by atoms with Gasteiger partial charge in [-0.3, -0.25) is 4.90 Å². The van der Waals surface area contributed by atoms with E-state index in [1.54, 1.807) is 12.1 Å². The van der Waals surface area contributed by atoms with Crippen molar-refractivity contribution in [2.75, 3.05) is 32.8 Å². The summed E-state index contributed by atoms with van der Waals surface area (Å²) in [4.78, 5) is 2.23. The Morgan fingerprint density at radius 1 is 1.33 bits per heavy atom. The van der Waals surface area contributed by atoms with Crippen LogP contribution >= 0.6 is 28.3 Å². The summed E-state index contributed by atoms with van der Waals surface area (Å²) >= 11 is 3.47. The van der Waals surface area contributed by atoms with Crippen molar-refractivity contribution in [2.24, 2.45) is 0 Å². The summed E-state index contributed by atoms with van der Waals surface area (Å²) < 4.78 is 0.924. The number of nitrogens with zero attached hydrogens (tertiary/aromatic N) is 1. The van der Waals surface area contributed by atoms with E-state index in [4.69, 9.17) is 0 Å². The lowest BCUT2D eigenvalue weighted by Gasteiger charge is -2.34. The number of aliphatic hydroxyl groups excluding tert-OH is 1. The molecule has 2 rings (SSSR count). The first-order valence-electron chi connectivity index (χ1n) is 5.76. The molecular formula is C12H18BrClN2O2. The van der Waals surface area contributed by atoms with Gasteiger partial charge in [-0.2, -0.15) is 0 Å². The second kappa shape index (κ2) is 7.31. The second-order valence-corrected chi connectivity index (χ2v) is 5.04. The lowest BCUT2D eigenvalue weighted by Crippen LogP contribution is -2.46. The van der Waals surface area contributed by atoms with Gasteiger partial charge in [0.25, 0.3) is 0 Å². The highest BCUT2D eigenvalue weighted by Gasteiger charge is 2.23. The quantitative estimate of drug-likeness (QED) is 0.783. The zero-order valence-electron chi connectivity index (χ0n) is 9.97. The molecule has 1 saturated heterocycles. The van der Waals surface area contributed by atoms with Gasteiger partial charge in [0.05, 0.1) is 12.6 Å². The summed E-state index contributed by atoms with van der Waals surface area (Å²) in [5.74, 6) is 0.233. The minimum absolute atomic E-state index is 0. The summed E-state index contributed by atoms with van der Waals surface area (Å²) in [5.41, 5.74) is 0.939. The van der Waals surface area contributed by atoms with Crippen LogP contribution < -0.4 is 5.32 Å². The summed E-state index contributed by atoms with van der Waals surface area (Å²) in [5, 5.41) is 22.4. The maximum absolute atomic E-state index is 9.58. The van der Waals surface area contributed by atoms with Gasteiger partial charge in [-0.05, 0) is 23.8 Å². The van der Waals surface area contributed by atoms with E-state index in [1.165, 1.54) is 0 Å². The molecule has 0 spiro atoms. The van der Waals surface area contributed by atoms with Gasteiger partial charge in [0.2, 0.25) is 0 Å².